The minimum absolute atomic E-state index is 0.00499. The van der Waals surface area contributed by atoms with Crippen LogP contribution in [-0.4, -0.2) is 17.0 Å². The van der Waals surface area contributed by atoms with Crippen molar-refractivity contribution >= 4 is 29.2 Å². The lowest BCUT2D eigenvalue weighted by atomic mass is 10.1. The molecule has 0 aliphatic heterocycles. The summed E-state index contributed by atoms with van der Waals surface area (Å²) in [5, 5.41) is 11.7. The average Bonchev–Trinajstić information content (AvgIpc) is 2.19. The monoisotopic (exact) mass is 255 g/mol. The maximum atomic E-state index is 11.6. The minimum Gasteiger partial charge on any atom is -0.478 e. The van der Waals surface area contributed by atoms with E-state index in [-0.39, 0.29) is 28.1 Å². The number of halogens is 1. The molecule has 0 bridgehead atoms. The van der Waals surface area contributed by atoms with Gasteiger partial charge in [0.25, 0.3) is 0 Å². The number of hydrogen-bond donors (Lipinski definition) is 2. The van der Waals surface area contributed by atoms with Gasteiger partial charge in [-0.15, -0.1) is 0 Å². The van der Waals surface area contributed by atoms with E-state index in [1.807, 2.05) is 13.8 Å². The average molecular weight is 256 g/mol. The predicted octanol–water partition coefficient (Wildman–Crippen LogP) is 3.02. The number of hydrogen-bond acceptors (Lipinski definition) is 2. The quantitative estimate of drug-likeness (QED) is 0.869. The summed E-state index contributed by atoms with van der Waals surface area (Å²) in [6.45, 7) is 3.81. The molecule has 0 spiro atoms. The topological polar surface area (TPSA) is 66.4 Å². The summed E-state index contributed by atoms with van der Waals surface area (Å²) in [6, 6.07) is 4.47. The number of amides is 1. The molecule has 0 aliphatic rings. The van der Waals surface area contributed by atoms with Gasteiger partial charge in [-0.3, -0.25) is 4.79 Å². The van der Waals surface area contributed by atoms with Gasteiger partial charge in [-0.25, -0.2) is 4.79 Å². The van der Waals surface area contributed by atoms with Crippen molar-refractivity contribution < 1.29 is 14.7 Å². The lowest BCUT2D eigenvalue weighted by molar-refractivity contribution is -0.116. The Balaban J connectivity index is 2.97. The standard InChI is InChI=1S/C12H14ClNO3/c1-7(2)6-10(15)14-11-8(12(16)17)4-3-5-9(11)13/h3-5,7H,6H2,1-2H3,(H,14,15)(H,16,17). The summed E-state index contributed by atoms with van der Waals surface area (Å²) in [6.07, 6.45) is 0.324. The van der Waals surface area contributed by atoms with Crippen LogP contribution in [0.5, 0.6) is 0 Å². The predicted molar refractivity (Wildman–Crippen MR) is 66.5 cm³/mol. The van der Waals surface area contributed by atoms with E-state index in [9.17, 15) is 9.59 Å². The smallest absolute Gasteiger partial charge is 0.337 e. The number of rotatable bonds is 4. The molecule has 5 heteroatoms. The Kier molecular flexibility index (Phi) is 4.52. The normalized spacial score (nSPS) is 10.4. The molecular weight excluding hydrogens is 242 g/mol. The highest BCUT2D eigenvalue weighted by atomic mass is 35.5. The van der Waals surface area contributed by atoms with E-state index in [1.165, 1.54) is 12.1 Å². The van der Waals surface area contributed by atoms with Crippen molar-refractivity contribution in [1.29, 1.82) is 0 Å². The molecule has 1 aromatic carbocycles. The number of aromatic carboxylic acids is 1. The summed E-state index contributed by atoms with van der Waals surface area (Å²) in [5.41, 5.74) is 0.155. The molecule has 1 aromatic rings. The summed E-state index contributed by atoms with van der Waals surface area (Å²) >= 11 is 5.88. The van der Waals surface area contributed by atoms with Crippen LogP contribution in [0.1, 0.15) is 30.6 Å². The molecule has 1 amide bonds. The van der Waals surface area contributed by atoms with Gasteiger partial charge in [0, 0.05) is 6.42 Å². The van der Waals surface area contributed by atoms with E-state index in [0.717, 1.165) is 0 Å². The minimum atomic E-state index is -1.12. The van der Waals surface area contributed by atoms with Crippen LogP contribution in [0.3, 0.4) is 0 Å². The highest BCUT2D eigenvalue weighted by molar-refractivity contribution is 6.34. The number of carbonyl (C=O) groups excluding carboxylic acids is 1. The fraction of sp³-hybridized carbons (Fsp3) is 0.333. The van der Waals surface area contributed by atoms with E-state index in [4.69, 9.17) is 16.7 Å². The maximum Gasteiger partial charge on any atom is 0.337 e. The first-order valence-corrected chi connectivity index (χ1v) is 5.61. The zero-order valence-corrected chi connectivity index (χ0v) is 10.4. The Labute approximate surface area is 105 Å². The number of anilines is 1. The molecule has 0 aromatic heterocycles. The summed E-state index contributed by atoms with van der Waals surface area (Å²) in [4.78, 5) is 22.6. The van der Waals surface area contributed by atoms with Gasteiger partial charge in [-0.2, -0.15) is 0 Å². The highest BCUT2D eigenvalue weighted by Crippen LogP contribution is 2.26. The summed E-state index contributed by atoms with van der Waals surface area (Å²) in [7, 11) is 0. The molecule has 0 aliphatic carbocycles. The van der Waals surface area contributed by atoms with E-state index < -0.39 is 5.97 Å². The van der Waals surface area contributed by atoms with Crippen molar-refractivity contribution in [1.82, 2.24) is 0 Å². The van der Waals surface area contributed by atoms with Crippen LogP contribution in [-0.2, 0) is 4.79 Å². The van der Waals surface area contributed by atoms with Crippen molar-refractivity contribution in [2.75, 3.05) is 5.32 Å². The fourth-order valence-corrected chi connectivity index (χ4v) is 1.61. The van der Waals surface area contributed by atoms with Crippen molar-refractivity contribution in [3.8, 4) is 0 Å². The third-order valence-corrected chi connectivity index (χ3v) is 2.42. The summed E-state index contributed by atoms with van der Waals surface area (Å²) in [5.74, 6) is -1.16. The number of nitrogens with one attached hydrogen (secondary N) is 1. The zero-order valence-electron chi connectivity index (χ0n) is 9.66. The van der Waals surface area contributed by atoms with E-state index >= 15 is 0 Å². The van der Waals surface area contributed by atoms with Crippen molar-refractivity contribution in [2.24, 2.45) is 5.92 Å². The third kappa shape index (κ3) is 3.75. The Bertz CT molecular complexity index is 443. The van der Waals surface area contributed by atoms with Crippen LogP contribution in [0.25, 0.3) is 0 Å². The molecule has 0 fully saturated rings. The number of carboxylic acid groups (broad SMARTS) is 1. The third-order valence-electron chi connectivity index (χ3n) is 2.10. The van der Waals surface area contributed by atoms with E-state index in [1.54, 1.807) is 6.07 Å². The van der Waals surface area contributed by atoms with Crippen LogP contribution in [0.15, 0.2) is 18.2 Å². The molecule has 4 nitrogen and oxygen atoms in total. The molecule has 2 N–H and O–H groups in total. The number of carboxylic acids is 1. The van der Waals surface area contributed by atoms with E-state index in [0.29, 0.717) is 6.42 Å². The van der Waals surface area contributed by atoms with Gasteiger partial charge in [0.15, 0.2) is 0 Å². The molecule has 0 saturated heterocycles. The van der Waals surface area contributed by atoms with Gasteiger partial charge in [-0.1, -0.05) is 31.5 Å². The van der Waals surface area contributed by atoms with Gasteiger partial charge < -0.3 is 10.4 Å². The van der Waals surface area contributed by atoms with Crippen LogP contribution >= 0.6 is 11.6 Å². The first kappa shape index (κ1) is 13.5. The molecule has 0 saturated carbocycles. The molecular formula is C12H14ClNO3. The maximum absolute atomic E-state index is 11.6. The Hall–Kier alpha value is -1.55. The van der Waals surface area contributed by atoms with Crippen LogP contribution in [0.4, 0.5) is 5.69 Å². The Morgan fingerprint density at radius 2 is 2.06 bits per heavy atom. The molecule has 0 radical (unpaired) electrons. The summed E-state index contributed by atoms with van der Waals surface area (Å²) < 4.78 is 0. The van der Waals surface area contributed by atoms with Crippen LogP contribution < -0.4 is 5.32 Å². The molecule has 0 atom stereocenters. The largest absolute Gasteiger partial charge is 0.478 e. The second-order valence-electron chi connectivity index (χ2n) is 4.11. The van der Waals surface area contributed by atoms with Crippen LogP contribution in [0, 0.1) is 5.92 Å². The molecule has 0 unspecified atom stereocenters. The van der Waals surface area contributed by atoms with Crippen molar-refractivity contribution in [2.45, 2.75) is 20.3 Å². The lowest BCUT2D eigenvalue weighted by Crippen LogP contribution is -2.16. The number of benzene rings is 1. The Morgan fingerprint density at radius 1 is 1.41 bits per heavy atom. The molecule has 92 valence electrons. The van der Waals surface area contributed by atoms with Gasteiger partial charge in [-0.05, 0) is 18.1 Å². The second-order valence-corrected chi connectivity index (χ2v) is 4.52. The molecule has 1 rings (SSSR count). The van der Waals surface area contributed by atoms with Gasteiger partial charge in [0.1, 0.15) is 0 Å². The Morgan fingerprint density at radius 3 is 2.59 bits per heavy atom. The zero-order chi connectivity index (χ0) is 13.0. The second kappa shape index (κ2) is 5.68. The lowest BCUT2D eigenvalue weighted by Gasteiger charge is -2.11. The fourth-order valence-electron chi connectivity index (χ4n) is 1.39. The van der Waals surface area contributed by atoms with Gasteiger partial charge in [0.2, 0.25) is 5.91 Å². The van der Waals surface area contributed by atoms with Gasteiger partial charge >= 0.3 is 5.97 Å². The first-order chi connectivity index (χ1) is 7.91. The highest BCUT2D eigenvalue weighted by Gasteiger charge is 2.15. The SMILES string of the molecule is CC(C)CC(=O)Nc1c(Cl)cccc1C(=O)O. The number of para-hydroxylation sites is 1. The molecule has 17 heavy (non-hydrogen) atoms. The first-order valence-electron chi connectivity index (χ1n) is 5.23. The van der Waals surface area contributed by atoms with Gasteiger partial charge in [0.05, 0.1) is 16.3 Å². The van der Waals surface area contributed by atoms with Crippen LogP contribution in [0.2, 0.25) is 5.02 Å². The van der Waals surface area contributed by atoms with E-state index in [2.05, 4.69) is 5.32 Å². The number of carbonyl (C=O) groups is 2. The molecule has 0 heterocycles. The van der Waals surface area contributed by atoms with Crippen molar-refractivity contribution in [3.63, 3.8) is 0 Å². The van der Waals surface area contributed by atoms with Crippen molar-refractivity contribution in [3.05, 3.63) is 28.8 Å².